The van der Waals surface area contributed by atoms with Crippen molar-refractivity contribution in [3.05, 3.63) is 81.2 Å². The number of rotatable bonds is 7. The van der Waals surface area contributed by atoms with Crippen LogP contribution >= 0.6 is 0 Å². The lowest BCUT2D eigenvalue weighted by atomic mass is 9.89. The molecule has 1 aliphatic rings. The molecule has 10 heteroatoms. The minimum Gasteiger partial charge on any atom is -0.507 e. The number of phenolic OH excluding ortho intramolecular Hbond substituents is 1. The fourth-order valence-electron chi connectivity index (χ4n) is 4.54. The highest BCUT2D eigenvalue weighted by molar-refractivity contribution is 5.88. The number of benzene rings is 2. The molecular formula is C28H28O10. The number of phenols is 1. The van der Waals surface area contributed by atoms with Gasteiger partial charge in [0.05, 0.1) is 24.0 Å². The average molecular weight is 525 g/mol. The van der Waals surface area contributed by atoms with Crippen molar-refractivity contribution < 1.29 is 43.9 Å². The van der Waals surface area contributed by atoms with E-state index in [-0.39, 0.29) is 34.5 Å². The van der Waals surface area contributed by atoms with E-state index in [1.54, 1.807) is 31.2 Å². The first-order valence-electron chi connectivity index (χ1n) is 12.0. The molecule has 0 amide bonds. The van der Waals surface area contributed by atoms with Crippen molar-refractivity contribution in [2.75, 3.05) is 6.61 Å². The number of Topliss-reactive ketones (excluding diaryl/α,β-unsaturated/α-hetero) is 1. The molecular weight excluding hydrogens is 496 g/mol. The van der Waals surface area contributed by atoms with Gasteiger partial charge in [-0.2, -0.15) is 0 Å². The highest BCUT2D eigenvalue weighted by atomic mass is 16.6. The van der Waals surface area contributed by atoms with E-state index in [4.69, 9.17) is 13.9 Å². The second kappa shape index (κ2) is 11.3. The summed E-state index contributed by atoms with van der Waals surface area (Å²) in [5.74, 6) is -1.51. The van der Waals surface area contributed by atoms with E-state index in [1.807, 2.05) is 6.07 Å². The number of esters is 1. The van der Waals surface area contributed by atoms with Crippen LogP contribution in [0.1, 0.15) is 35.5 Å². The molecule has 2 aromatic carbocycles. The molecule has 38 heavy (non-hydrogen) atoms. The third kappa shape index (κ3) is 5.53. The Morgan fingerprint density at radius 1 is 1.11 bits per heavy atom. The summed E-state index contributed by atoms with van der Waals surface area (Å²) in [5, 5.41) is 42.2. The van der Waals surface area contributed by atoms with E-state index < -0.39 is 54.3 Å². The fourth-order valence-corrected chi connectivity index (χ4v) is 4.54. The smallest absolute Gasteiger partial charge is 0.331 e. The molecule has 1 fully saturated rings. The van der Waals surface area contributed by atoms with Crippen molar-refractivity contribution in [2.45, 2.75) is 50.8 Å². The minimum atomic E-state index is -1.73. The van der Waals surface area contributed by atoms with Crippen molar-refractivity contribution in [1.82, 2.24) is 0 Å². The van der Waals surface area contributed by atoms with Crippen molar-refractivity contribution in [1.29, 1.82) is 0 Å². The van der Waals surface area contributed by atoms with Gasteiger partial charge in [-0.25, -0.2) is 4.79 Å². The van der Waals surface area contributed by atoms with Gasteiger partial charge in [0, 0.05) is 12.1 Å². The number of carbonyl (C=O) groups excluding carboxylic acids is 2. The van der Waals surface area contributed by atoms with Gasteiger partial charge in [-0.3, -0.25) is 9.59 Å². The number of aryl methyl sites for hydroxylation is 1. The second-order valence-corrected chi connectivity index (χ2v) is 9.19. The molecule has 3 aromatic rings. The Labute approximate surface area is 217 Å². The summed E-state index contributed by atoms with van der Waals surface area (Å²) in [5.41, 5.74) is 0.345. The van der Waals surface area contributed by atoms with Gasteiger partial charge in [-0.1, -0.05) is 30.3 Å². The van der Waals surface area contributed by atoms with Crippen LogP contribution in [-0.2, 0) is 25.5 Å². The Balaban J connectivity index is 1.82. The third-order valence-electron chi connectivity index (χ3n) is 6.31. The Kier molecular flexibility index (Phi) is 8.08. The van der Waals surface area contributed by atoms with Crippen LogP contribution in [0.25, 0.3) is 17.0 Å². The van der Waals surface area contributed by atoms with Gasteiger partial charge in [0.2, 0.25) is 0 Å². The SMILES string of the molecule is CC(=O)Cc1cc(=O)c2c(C)cc(O)c([C@@H]3O[C@H](CO)[C@@H](O)[C@H](O)[C@H]3OC(=O)/C=C/c3ccccc3)c2o1. The van der Waals surface area contributed by atoms with E-state index >= 15 is 0 Å². The number of hydrogen-bond acceptors (Lipinski definition) is 10. The number of ketones is 1. The number of aliphatic hydroxyl groups excluding tert-OH is 3. The van der Waals surface area contributed by atoms with Gasteiger partial charge in [-0.15, -0.1) is 0 Å². The molecule has 4 N–H and O–H groups in total. The van der Waals surface area contributed by atoms with E-state index in [1.165, 1.54) is 25.1 Å². The highest BCUT2D eigenvalue weighted by Crippen LogP contribution is 2.42. The lowest BCUT2D eigenvalue weighted by Crippen LogP contribution is -2.56. The lowest BCUT2D eigenvalue weighted by Gasteiger charge is -2.42. The largest absolute Gasteiger partial charge is 0.507 e. The number of aromatic hydroxyl groups is 1. The van der Waals surface area contributed by atoms with Crippen molar-refractivity contribution >= 4 is 28.8 Å². The second-order valence-electron chi connectivity index (χ2n) is 9.19. The van der Waals surface area contributed by atoms with Crippen LogP contribution < -0.4 is 5.43 Å². The highest BCUT2D eigenvalue weighted by Gasteiger charge is 2.48. The molecule has 0 spiro atoms. The first kappa shape index (κ1) is 27.2. The summed E-state index contributed by atoms with van der Waals surface area (Å²) < 4.78 is 17.2. The van der Waals surface area contributed by atoms with Crippen molar-refractivity contribution in [3.63, 3.8) is 0 Å². The minimum absolute atomic E-state index is 0.0377. The Hall–Kier alpha value is -3.83. The number of ether oxygens (including phenoxy) is 2. The first-order valence-corrected chi connectivity index (χ1v) is 12.0. The van der Waals surface area contributed by atoms with Crippen molar-refractivity contribution in [3.8, 4) is 5.75 Å². The molecule has 4 rings (SSSR count). The fraction of sp³-hybridized carbons (Fsp3) is 0.321. The van der Waals surface area contributed by atoms with E-state index in [9.17, 15) is 34.8 Å². The van der Waals surface area contributed by atoms with Crippen LogP contribution in [0.4, 0.5) is 0 Å². The van der Waals surface area contributed by atoms with Crippen LogP contribution in [0, 0.1) is 6.92 Å². The van der Waals surface area contributed by atoms with Gasteiger partial charge in [0.15, 0.2) is 11.5 Å². The van der Waals surface area contributed by atoms with Gasteiger partial charge in [0.1, 0.15) is 47.3 Å². The predicted molar refractivity (Wildman–Crippen MR) is 135 cm³/mol. The maximum Gasteiger partial charge on any atom is 0.331 e. The monoisotopic (exact) mass is 524 g/mol. The average Bonchev–Trinajstić information content (AvgIpc) is 2.86. The maximum absolute atomic E-state index is 12.9. The molecule has 200 valence electrons. The summed E-state index contributed by atoms with van der Waals surface area (Å²) in [6, 6.07) is 11.4. The predicted octanol–water partition coefficient (Wildman–Crippen LogP) is 1.72. The summed E-state index contributed by atoms with van der Waals surface area (Å²) in [6.07, 6.45) is -5.28. The molecule has 0 radical (unpaired) electrons. The maximum atomic E-state index is 12.9. The molecule has 5 atom stereocenters. The zero-order chi connectivity index (χ0) is 27.6. The standard InChI is InChI=1S/C28H28O10/c1-14-10-18(31)23(26-22(14)19(32)12-17(36-26)11-15(2)30)27-28(25(35)24(34)20(13-29)37-27)38-21(33)9-8-16-6-4-3-5-7-16/h3-10,12,20,24-25,27-29,31,34-35H,11,13H2,1-2H3/b9-8+/t20-,24-,25+,27+,28-/m1/s1. The molecule has 0 unspecified atom stereocenters. The lowest BCUT2D eigenvalue weighted by molar-refractivity contribution is -0.239. The molecule has 0 aliphatic carbocycles. The normalized spacial score (nSPS) is 23.6. The molecule has 0 bridgehead atoms. The molecule has 10 nitrogen and oxygen atoms in total. The Morgan fingerprint density at radius 2 is 1.82 bits per heavy atom. The topological polar surface area (TPSA) is 164 Å². The van der Waals surface area contributed by atoms with E-state index in [0.717, 1.165) is 6.08 Å². The molecule has 2 heterocycles. The zero-order valence-electron chi connectivity index (χ0n) is 20.7. The molecule has 1 saturated heterocycles. The summed E-state index contributed by atoms with van der Waals surface area (Å²) in [7, 11) is 0. The van der Waals surface area contributed by atoms with Crippen molar-refractivity contribution in [2.24, 2.45) is 0 Å². The van der Waals surface area contributed by atoms with Crippen LogP contribution in [-0.4, -0.2) is 63.2 Å². The zero-order valence-corrected chi connectivity index (χ0v) is 20.7. The summed E-state index contributed by atoms with van der Waals surface area (Å²) in [6.45, 7) is 2.20. The number of fused-ring (bicyclic) bond motifs is 1. The molecule has 0 saturated carbocycles. The quantitative estimate of drug-likeness (QED) is 0.264. The number of aliphatic hydroxyl groups is 3. The van der Waals surface area contributed by atoms with Crippen LogP contribution in [0.3, 0.4) is 0 Å². The van der Waals surface area contributed by atoms with Crippen LogP contribution in [0.2, 0.25) is 0 Å². The van der Waals surface area contributed by atoms with Gasteiger partial charge in [-0.05, 0) is 37.1 Å². The number of hydrogen-bond donors (Lipinski definition) is 4. The first-order chi connectivity index (χ1) is 18.1. The van der Waals surface area contributed by atoms with Crippen LogP contribution in [0.5, 0.6) is 5.75 Å². The van der Waals surface area contributed by atoms with Crippen LogP contribution in [0.15, 0.2) is 57.8 Å². The summed E-state index contributed by atoms with van der Waals surface area (Å²) in [4.78, 5) is 37.4. The van der Waals surface area contributed by atoms with Gasteiger partial charge in [0.25, 0.3) is 0 Å². The molecule has 1 aromatic heterocycles. The molecule has 1 aliphatic heterocycles. The van der Waals surface area contributed by atoms with Gasteiger partial charge < -0.3 is 34.3 Å². The third-order valence-corrected chi connectivity index (χ3v) is 6.31. The summed E-state index contributed by atoms with van der Waals surface area (Å²) >= 11 is 0. The number of carbonyl (C=O) groups is 2. The van der Waals surface area contributed by atoms with E-state index in [0.29, 0.717) is 11.1 Å². The Bertz CT molecular complexity index is 1430. The van der Waals surface area contributed by atoms with E-state index in [2.05, 4.69) is 0 Å². The van der Waals surface area contributed by atoms with Gasteiger partial charge >= 0.3 is 5.97 Å². The Morgan fingerprint density at radius 3 is 2.47 bits per heavy atom.